The second-order valence-electron chi connectivity index (χ2n) is 8.13. The Kier molecular flexibility index (Phi) is 4.53. The lowest BCUT2D eigenvalue weighted by Gasteiger charge is -2.40. The van der Waals surface area contributed by atoms with Gasteiger partial charge >= 0.3 is 0 Å². The summed E-state index contributed by atoms with van der Waals surface area (Å²) in [6, 6.07) is 21.2. The van der Waals surface area contributed by atoms with Crippen LogP contribution in [0, 0.1) is 0 Å². The van der Waals surface area contributed by atoms with E-state index in [0.29, 0.717) is 11.1 Å². The zero-order valence-corrected chi connectivity index (χ0v) is 17.5. The van der Waals surface area contributed by atoms with E-state index in [1.807, 2.05) is 36.4 Å². The number of likely N-dealkylation sites (N-methyl/N-ethyl adjacent to an activating group) is 1. The summed E-state index contributed by atoms with van der Waals surface area (Å²) >= 11 is 0. The van der Waals surface area contributed by atoms with Crippen molar-refractivity contribution in [3.63, 3.8) is 0 Å². The first-order chi connectivity index (χ1) is 15.4. The molecule has 2 aliphatic rings. The molecule has 0 bridgehead atoms. The largest absolute Gasteiger partial charge is 0.453 e. The van der Waals surface area contributed by atoms with Crippen molar-refractivity contribution in [2.24, 2.45) is 10.7 Å². The molecular formula is C25H22FN3O3. The highest BCUT2D eigenvalue weighted by molar-refractivity contribution is 6.07. The van der Waals surface area contributed by atoms with Crippen molar-refractivity contribution >= 4 is 11.9 Å². The number of aliphatic hydroxyl groups excluding tert-OH is 1. The number of ether oxygens (including phenoxy) is 1. The number of halogens is 1. The number of hydrogen-bond acceptors (Lipinski definition) is 5. The van der Waals surface area contributed by atoms with Crippen molar-refractivity contribution in [1.29, 1.82) is 0 Å². The third kappa shape index (κ3) is 2.97. The van der Waals surface area contributed by atoms with Crippen LogP contribution >= 0.6 is 0 Å². The number of amides is 1. The second kappa shape index (κ2) is 7.17. The van der Waals surface area contributed by atoms with E-state index < -0.39 is 17.3 Å². The van der Waals surface area contributed by atoms with Gasteiger partial charge in [-0.25, -0.2) is 4.99 Å². The fourth-order valence-electron chi connectivity index (χ4n) is 4.40. The molecule has 3 aromatic carbocycles. The summed E-state index contributed by atoms with van der Waals surface area (Å²) in [6.45, 7) is -0.0473. The molecule has 5 rings (SSSR count). The molecule has 1 spiro atoms. The Bertz CT molecular complexity index is 1230. The number of nitrogens with two attached hydrogens (primary N) is 1. The smallest absolute Gasteiger partial charge is 0.277 e. The molecule has 2 aliphatic heterocycles. The van der Waals surface area contributed by atoms with Gasteiger partial charge in [0, 0.05) is 18.2 Å². The molecule has 3 N–H and O–H groups in total. The molecule has 6 nitrogen and oxygen atoms in total. The number of alkyl halides is 1. The first-order valence-electron chi connectivity index (χ1n) is 10.3. The highest BCUT2D eigenvalue weighted by atomic mass is 19.2. The summed E-state index contributed by atoms with van der Waals surface area (Å²) in [5.74, 6) is -2.36. The number of nitrogens with zero attached hydrogens (tertiary/aromatic N) is 2. The molecular weight excluding hydrogens is 409 g/mol. The Balaban J connectivity index is 1.68. The first-order valence-corrected chi connectivity index (χ1v) is 10.3. The molecule has 0 saturated carbocycles. The van der Waals surface area contributed by atoms with E-state index in [9.17, 15) is 9.90 Å². The van der Waals surface area contributed by atoms with Crippen LogP contribution in [0.15, 0.2) is 77.8 Å². The fourth-order valence-corrected chi connectivity index (χ4v) is 4.40. The normalized spacial score (nSPS) is 24.3. The highest BCUT2D eigenvalue weighted by Gasteiger charge is 2.59. The van der Waals surface area contributed by atoms with Gasteiger partial charge < -0.3 is 15.6 Å². The third-order valence-corrected chi connectivity index (χ3v) is 6.16. The van der Waals surface area contributed by atoms with Gasteiger partial charge in [0.25, 0.3) is 11.8 Å². The Morgan fingerprint density at radius 1 is 1.09 bits per heavy atom. The van der Waals surface area contributed by atoms with Crippen molar-refractivity contribution in [1.82, 2.24) is 4.90 Å². The van der Waals surface area contributed by atoms with Crippen molar-refractivity contribution < 1.29 is 19.0 Å². The molecule has 2 unspecified atom stereocenters. The van der Waals surface area contributed by atoms with Gasteiger partial charge in [0.2, 0.25) is 0 Å². The predicted molar refractivity (Wildman–Crippen MR) is 118 cm³/mol. The van der Waals surface area contributed by atoms with E-state index in [2.05, 4.69) is 4.99 Å². The first kappa shape index (κ1) is 20.2. The molecule has 0 aromatic heterocycles. The molecule has 1 amide bonds. The average molecular weight is 431 g/mol. The lowest BCUT2D eigenvalue weighted by Crippen LogP contribution is -2.48. The van der Waals surface area contributed by atoms with Crippen LogP contribution in [0.2, 0.25) is 0 Å². The van der Waals surface area contributed by atoms with E-state index in [1.54, 1.807) is 36.4 Å². The molecule has 0 fully saturated rings. The highest BCUT2D eigenvalue weighted by Crippen LogP contribution is 2.53. The van der Waals surface area contributed by atoms with Gasteiger partial charge in [-0.2, -0.15) is 4.39 Å². The third-order valence-electron chi connectivity index (χ3n) is 6.16. The Hall–Kier alpha value is -3.71. The van der Waals surface area contributed by atoms with E-state index in [1.165, 1.54) is 11.9 Å². The lowest BCUT2D eigenvalue weighted by atomic mass is 9.78. The van der Waals surface area contributed by atoms with Crippen LogP contribution in [0.3, 0.4) is 0 Å². The minimum absolute atomic E-state index is 0.0379. The Morgan fingerprint density at radius 3 is 2.41 bits per heavy atom. The summed E-state index contributed by atoms with van der Waals surface area (Å²) in [5.41, 5.74) is 7.76. The maximum Gasteiger partial charge on any atom is 0.277 e. The molecule has 0 aliphatic carbocycles. The van der Waals surface area contributed by atoms with E-state index in [0.717, 1.165) is 16.7 Å². The number of hydrogen-bond donors (Lipinski definition) is 2. The fraction of sp³-hybridized carbons (Fsp3) is 0.200. The standard InChI is InChI=1S/C25H22FN3O3/c1-29-22(31)24(28-23(29)27)15-25(26,19-5-3-2-4-6-19)32-21-12-11-18(13-20(21)24)17-9-7-16(14-30)8-10-17/h2-13,30H,14-15H2,1H3,(H2,27,28). The Labute approximate surface area is 184 Å². The van der Waals surface area contributed by atoms with Crippen molar-refractivity contribution in [2.75, 3.05) is 7.05 Å². The average Bonchev–Trinajstić information content (AvgIpc) is 3.03. The molecule has 0 saturated heterocycles. The number of rotatable bonds is 3. The lowest BCUT2D eigenvalue weighted by molar-refractivity contribution is -0.144. The number of carbonyl (C=O) groups is 1. The van der Waals surface area contributed by atoms with Crippen LogP contribution in [-0.4, -0.2) is 28.9 Å². The number of benzene rings is 3. The summed E-state index contributed by atoms with van der Waals surface area (Å²) < 4.78 is 22.1. The number of guanidine groups is 1. The second-order valence-corrected chi connectivity index (χ2v) is 8.13. The molecule has 2 heterocycles. The Morgan fingerprint density at radius 2 is 1.78 bits per heavy atom. The van der Waals surface area contributed by atoms with Gasteiger partial charge in [0.05, 0.1) is 13.0 Å². The van der Waals surface area contributed by atoms with Gasteiger partial charge in [-0.05, 0) is 28.8 Å². The number of carbonyl (C=O) groups excluding carboxylic acids is 1. The van der Waals surface area contributed by atoms with Gasteiger partial charge in [0.15, 0.2) is 11.5 Å². The summed E-state index contributed by atoms with van der Waals surface area (Å²) in [6.07, 6.45) is -0.326. The monoisotopic (exact) mass is 431 g/mol. The maximum atomic E-state index is 16.3. The van der Waals surface area contributed by atoms with Gasteiger partial charge in [0.1, 0.15) is 5.75 Å². The minimum atomic E-state index is -2.25. The van der Waals surface area contributed by atoms with Crippen molar-refractivity contribution in [2.45, 2.75) is 24.4 Å². The predicted octanol–water partition coefficient (Wildman–Crippen LogP) is 3.43. The van der Waals surface area contributed by atoms with Crippen LogP contribution in [0.25, 0.3) is 11.1 Å². The topological polar surface area (TPSA) is 88.2 Å². The molecule has 7 heteroatoms. The van der Waals surface area contributed by atoms with Crippen LogP contribution in [0.5, 0.6) is 5.75 Å². The zero-order chi connectivity index (χ0) is 22.5. The summed E-state index contributed by atoms with van der Waals surface area (Å²) in [7, 11) is 1.53. The van der Waals surface area contributed by atoms with Gasteiger partial charge in [-0.1, -0.05) is 60.7 Å². The van der Waals surface area contributed by atoms with E-state index >= 15 is 4.39 Å². The molecule has 3 aromatic rings. The van der Waals surface area contributed by atoms with Gasteiger partial charge in [-0.15, -0.1) is 0 Å². The SMILES string of the molecule is CN1C(=O)C2(CC(F)(c3ccccc3)Oc3ccc(-c4ccc(CO)cc4)cc32)N=C1N. The molecule has 2 atom stereocenters. The molecule has 0 radical (unpaired) electrons. The van der Waals surface area contributed by atoms with Crippen LogP contribution < -0.4 is 10.5 Å². The number of aliphatic imine (C=N–C) groups is 1. The number of aliphatic hydroxyl groups is 1. The number of fused-ring (bicyclic) bond motifs is 2. The van der Waals surface area contributed by atoms with Crippen LogP contribution in [0.4, 0.5) is 4.39 Å². The van der Waals surface area contributed by atoms with E-state index in [4.69, 9.17) is 10.5 Å². The van der Waals surface area contributed by atoms with Crippen LogP contribution in [-0.2, 0) is 22.8 Å². The van der Waals surface area contributed by atoms with Gasteiger partial charge in [-0.3, -0.25) is 9.69 Å². The van der Waals surface area contributed by atoms with Crippen molar-refractivity contribution in [3.8, 4) is 16.9 Å². The summed E-state index contributed by atoms with van der Waals surface area (Å²) in [4.78, 5) is 19.1. The van der Waals surface area contributed by atoms with E-state index in [-0.39, 0.29) is 24.7 Å². The minimum Gasteiger partial charge on any atom is -0.453 e. The molecule has 32 heavy (non-hydrogen) atoms. The summed E-state index contributed by atoms with van der Waals surface area (Å²) in [5, 5.41) is 9.30. The maximum absolute atomic E-state index is 16.3. The zero-order valence-electron chi connectivity index (χ0n) is 17.5. The molecule has 162 valence electrons. The van der Waals surface area contributed by atoms with Crippen molar-refractivity contribution in [3.05, 3.63) is 89.5 Å². The quantitative estimate of drug-likeness (QED) is 0.665. The van der Waals surface area contributed by atoms with Crippen LogP contribution in [0.1, 0.15) is 23.1 Å².